The van der Waals surface area contributed by atoms with Crippen LogP contribution >= 0.6 is 23.4 Å². The van der Waals surface area contributed by atoms with Crippen LogP contribution in [0.5, 0.6) is 0 Å². The topological polar surface area (TPSA) is 30.0 Å². The molecule has 1 heterocycles. The molecule has 1 aromatic rings. The first kappa shape index (κ1) is 12.0. The normalized spacial score (nSPS) is 9.27. The van der Waals surface area contributed by atoms with Gasteiger partial charge in [0.1, 0.15) is 0 Å². The number of halogens is 2. The molecule has 2 nitrogen and oxygen atoms in total. The second-order valence-electron chi connectivity index (χ2n) is 2.58. The number of carbonyl (C=O) groups excluding carboxylic acids is 1. The summed E-state index contributed by atoms with van der Waals surface area (Å²) in [5.74, 6) is 5.20. The molecule has 15 heavy (non-hydrogen) atoms. The molecule has 0 radical (unpaired) electrons. The van der Waals surface area contributed by atoms with E-state index in [2.05, 4.69) is 16.8 Å². The third-order valence-corrected chi connectivity index (χ3v) is 2.35. The largest absolute Gasteiger partial charge is 0.288 e. The van der Waals surface area contributed by atoms with Gasteiger partial charge in [0.05, 0.1) is 5.75 Å². The van der Waals surface area contributed by atoms with E-state index in [1.54, 1.807) is 0 Å². The molecule has 1 rings (SSSR count). The first-order valence-electron chi connectivity index (χ1n) is 4.03. The predicted molar refractivity (Wildman–Crippen MR) is 59.2 cm³/mol. The van der Waals surface area contributed by atoms with Crippen molar-refractivity contribution in [3.8, 4) is 11.8 Å². The third-order valence-electron chi connectivity index (χ3n) is 1.38. The van der Waals surface area contributed by atoms with E-state index in [0.29, 0.717) is 11.3 Å². The number of nitrogens with zero attached hydrogens (tertiary/aromatic N) is 1. The highest BCUT2D eigenvalue weighted by Crippen LogP contribution is 2.11. The molecular formula is C10H7ClFNOS. The summed E-state index contributed by atoms with van der Waals surface area (Å²) in [5.41, 5.74) is 0.445. The van der Waals surface area contributed by atoms with Crippen LogP contribution in [0.3, 0.4) is 0 Å². The average molecular weight is 244 g/mol. The molecule has 0 aliphatic carbocycles. The highest BCUT2D eigenvalue weighted by Gasteiger charge is 1.99. The number of hydrogen-bond acceptors (Lipinski definition) is 3. The fourth-order valence-corrected chi connectivity index (χ4v) is 1.22. The van der Waals surface area contributed by atoms with Crippen LogP contribution in [0.25, 0.3) is 0 Å². The van der Waals surface area contributed by atoms with Gasteiger partial charge in [0, 0.05) is 18.7 Å². The zero-order valence-corrected chi connectivity index (χ0v) is 9.45. The summed E-state index contributed by atoms with van der Waals surface area (Å²) in [4.78, 5) is 14.2. The molecule has 1 aromatic heterocycles. The molecule has 0 amide bonds. The molecule has 0 N–H and O–H groups in total. The lowest BCUT2D eigenvalue weighted by Crippen LogP contribution is -1.86. The van der Waals surface area contributed by atoms with E-state index in [9.17, 15) is 9.18 Å². The number of pyridine rings is 1. The van der Waals surface area contributed by atoms with E-state index in [1.165, 1.54) is 19.2 Å². The van der Waals surface area contributed by atoms with Crippen LogP contribution in [0, 0.1) is 17.7 Å². The molecule has 0 aliphatic heterocycles. The quantitative estimate of drug-likeness (QED) is 0.561. The van der Waals surface area contributed by atoms with Crippen LogP contribution in [0.15, 0.2) is 12.3 Å². The van der Waals surface area contributed by atoms with Crippen LogP contribution in [0.1, 0.15) is 12.5 Å². The third kappa shape index (κ3) is 4.32. The van der Waals surface area contributed by atoms with Gasteiger partial charge in [-0.3, -0.25) is 4.79 Å². The lowest BCUT2D eigenvalue weighted by molar-refractivity contribution is -0.109. The van der Waals surface area contributed by atoms with Crippen LogP contribution in [-0.4, -0.2) is 15.9 Å². The van der Waals surface area contributed by atoms with Crippen LogP contribution in [0.4, 0.5) is 4.39 Å². The molecular weight excluding hydrogens is 237 g/mol. The minimum atomic E-state index is -0.595. The van der Waals surface area contributed by atoms with Gasteiger partial charge in [-0.25, -0.2) is 9.37 Å². The van der Waals surface area contributed by atoms with Gasteiger partial charge in [-0.05, 0) is 6.07 Å². The molecule has 0 unspecified atom stereocenters. The standard InChI is InChI=1S/C10H7ClFNOS/c1-7(14)15-4-2-3-8-5-9(12)10(11)13-6-8/h5-6H,4H2,1H3. The summed E-state index contributed by atoms with van der Waals surface area (Å²) < 4.78 is 12.9. The number of carbonyl (C=O) groups is 1. The van der Waals surface area contributed by atoms with Gasteiger partial charge in [-0.15, -0.1) is 0 Å². The van der Waals surface area contributed by atoms with Gasteiger partial charge < -0.3 is 0 Å². The molecule has 5 heteroatoms. The monoisotopic (exact) mass is 243 g/mol. The maximum atomic E-state index is 12.9. The van der Waals surface area contributed by atoms with Crippen molar-refractivity contribution in [3.63, 3.8) is 0 Å². The van der Waals surface area contributed by atoms with Gasteiger partial charge in [0.2, 0.25) is 0 Å². The van der Waals surface area contributed by atoms with Crippen molar-refractivity contribution < 1.29 is 9.18 Å². The molecule has 0 saturated heterocycles. The Bertz CT molecular complexity index is 439. The Labute approximate surface area is 96.2 Å². The molecule has 0 saturated carbocycles. The van der Waals surface area contributed by atoms with Crippen molar-refractivity contribution in [2.75, 3.05) is 5.75 Å². The molecule has 0 bridgehead atoms. The Kier molecular flexibility index (Phi) is 4.60. The molecule has 0 fully saturated rings. The number of aromatic nitrogens is 1. The maximum absolute atomic E-state index is 12.9. The number of rotatable bonds is 1. The molecule has 0 aliphatic rings. The Balaban J connectivity index is 2.64. The SMILES string of the molecule is CC(=O)SCC#Cc1cnc(Cl)c(F)c1. The van der Waals surface area contributed by atoms with Crippen molar-refractivity contribution in [3.05, 3.63) is 28.8 Å². The summed E-state index contributed by atoms with van der Waals surface area (Å²) in [6.45, 7) is 1.47. The second kappa shape index (κ2) is 5.74. The van der Waals surface area contributed by atoms with E-state index in [4.69, 9.17) is 11.6 Å². The van der Waals surface area contributed by atoms with E-state index < -0.39 is 5.82 Å². The molecule has 0 aromatic carbocycles. The van der Waals surface area contributed by atoms with Crippen molar-refractivity contribution in [2.24, 2.45) is 0 Å². The van der Waals surface area contributed by atoms with Gasteiger partial charge in [0.15, 0.2) is 16.1 Å². The minimum Gasteiger partial charge on any atom is -0.288 e. The summed E-state index contributed by atoms with van der Waals surface area (Å²) in [5, 5.41) is -0.164. The smallest absolute Gasteiger partial charge is 0.186 e. The van der Waals surface area contributed by atoms with Crippen LogP contribution in [0.2, 0.25) is 5.15 Å². The Hall–Kier alpha value is -1.05. The van der Waals surface area contributed by atoms with Crippen molar-refractivity contribution >= 4 is 28.5 Å². The average Bonchev–Trinajstić information content (AvgIpc) is 2.18. The van der Waals surface area contributed by atoms with Crippen molar-refractivity contribution in [1.82, 2.24) is 4.98 Å². The van der Waals surface area contributed by atoms with Gasteiger partial charge in [-0.1, -0.05) is 35.2 Å². The molecule has 0 atom stereocenters. The summed E-state index contributed by atoms with van der Waals surface area (Å²) >= 11 is 6.51. The summed E-state index contributed by atoms with van der Waals surface area (Å²) in [6.07, 6.45) is 1.39. The van der Waals surface area contributed by atoms with Crippen molar-refractivity contribution in [2.45, 2.75) is 6.92 Å². The van der Waals surface area contributed by atoms with E-state index in [-0.39, 0.29) is 10.3 Å². The highest BCUT2D eigenvalue weighted by molar-refractivity contribution is 8.13. The van der Waals surface area contributed by atoms with Crippen LogP contribution in [-0.2, 0) is 4.79 Å². The lowest BCUT2D eigenvalue weighted by atomic mass is 10.3. The summed E-state index contributed by atoms with van der Waals surface area (Å²) in [7, 11) is 0. The van der Waals surface area contributed by atoms with Crippen molar-refractivity contribution in [1.29, 1.82) is 0 Å². The molecule has 0 spiro atoms. The first-order valence-corrected chi connectivity index (χ1v) is 5.39. The maximum Gasteiger partial charge on any atom is 0.186 e. The Morgan fingerprint density at radius 1 is 1.73 bits per heavy atom. The lowest BCUT2D eigenvalue weighted by Gasteiger charge is -1.92. The number of thioether (sulfide) groups is 1. The summed E-state index contributed by atoms with van der Waals surface area (Å²) in [6, 6.07) is 1.21. The highest BCUT2D eigenvalue weighted by atomic mass is 35.5. The van der Waals surface area contributed by atoms with E-state index in [1.807, 2.05) is 0 Å². The second-order valence-corrected chi connectivity index (χ2v) is 4.09. The van der Waals surface area contributed by atoms with Gasteiger partial charge in [0.25, 0.3) is 0 Å². The Morgan fingerprint density at radius 2 is 2.47 bits per heavy atom. The Morgan fingerprint density at radius 3 is 3.07 bits per heavy atom. The molecule has 78 valence electrons. The van der Waals surface area contributed by atoms with Gasteiger partial charge >= 0.3 is 0 Å². The van der Waals surface area contributed by atoms with E-state index in [0.717, 1.165) is 11.8 Å². The fraction of sp³-hybridized carbons (Fsp3) is 0.200. The first-order chi connectivity index (χ1) is 7.09. The zero-order chi connectivity index (χ0) is 11.3. The number of hydrogen-bond donors (Lipinski definition) is 0. The minimum absolute atomic E-state index is 0.00436. The van der Waals surface area contributed by atoms with Crippen LogP contribution < -0.4 is 0 Å². The fourth-order valence-electron chi connectivity index (χ4n) is 0.765. The zero-order valence-electron chi connectivity index (χ0n) is 7.88. The van der Waals surface area contributed by atoms with Gasteiger partial charge in [-0.2, -0.15) is 0 Å². The van der Waals surface area contributed by atoms with E-state index >= 15 is 0 Å². The predicted octanol–water partition coefficient (Wildman–Crippen LogP) is 2.51.